The number of aromatic hydroxyl groups is 1. The van der Waals surface area contributed by atoms with E-state index in [2.05, 4.69) is 5.32 Å². The maximum Gasteiger partial charge on any atom is 0.121 e. The third-order valence-corrected chi connectivity index (χ3v) is 2.76. The average molecular weight is 247 g/mol. The summed E-state index contributed by atoms with van der Waals surface area (Å²) in [5.41, 5.74) is 1.43. The van der Waals surface area contributed by atoms with Crippen molar-refractivity contribution in [2.45, 2.75) is 19.4 Å². The van der Waals surface area contributed by atoms with Crippen LogP contribution in [0.4, 0.5) is 5.69 Å². The molecule has 96 valence electrons. The van der Waals surface area contributed by atoms with Gasteiger partial charge in [-0.25, -0.2) is 0 Å². The molecular weight excluding hydrogens is 230 g/mol. The van der Waals surface area contributed by atoms with Crippen LogP contribution in [0.5, 0.6) is 5.75 Å². The van der Waals surface area contributed by atoms with Crippen molar-refractivity contribution in [2.75, 3.05) is 11.9 Å². The summed E-state index contributed by atoms with van der Waals surface area (Å²) in [6.45, 7) is 0.657. The molecule has 18 heavy (non-hydrogen) atoms. The molecule has 2 rings (SSSR count). The predicted molar refractivity (Wildman–Crippen MR) is 69.5 cm³/mol. The molecule has 4 nitrogen and oxygen atoms in total. The van der Waals surface area contributed by atoms with Crippen molar-refractivity contribution < 1.29 is 14.6 Å². The molecule has 0 bridgehead atoms. The van der Waals surface area contributed by atoms with Gasteiger partial charge in [0.25, 0.3) is 0 Å². The molecule has 0 radical (unpaired) electrons. The van der Waals surface area contributed by atoms with E-state index >= 15 is 0 Å². The van der Waals surface area contributed by atoms with E-state index in [1.165, 1.54) is 0 Å². The van der Waals surface area contributed by atoms with Crippen molar-refractivity contribution in [1.29, 1.82) is 0 Å². The molecule has 0 aliphatic heterocycles. The van der Waals surface area contributed by atoms with Crippen LogP contribution in [0.25, 0.3) is 0 Å². The molecule has 0 saturated heterocycles. The van der Waals surface area contributed by atoms with Crippen LogP contribution in [0.2, 0.25) is 0 Å². The zero-order valence-corrected chi connectivity index (χ0v) is 10.1. The van der Waals surface area contributed by atoms with Crippen LogP contribution in [0.3, 0.4) is 0 Å². The van der Waals surface area contributed by atoms with Crippen LogP contribution < -0.4 is 5.32 Å². The summed E-state index contributed by atoms with van der Waals surface area (Å²) in [6, 6.07) is 8.98. The van der Waals surface area contributed by atoms with Crippen molar-refractivity contribution in [1.82, 2.24) is 0 Å². The van der Waals surface area contributed by atoms with E-state index in [9.17, 15) is 5.11 Å². The fourth-order valence-corrected chi connectivity index (χ4v) is 1.77. The normalized spacial score (nSPS) is 10.5. The van der Waals surface area contributed by atoms with Crippen molar-refractivity contribution in [3.05, 3.63) is 47.9 Å². The molecule has 0 aliphatic rings. The molecule has 1 aromatic carbocycles. The zero-order chi connectivity index (χ0) is 12.8. The second kappa shape index (κ2) is 6.12. The number of anilines is 1. The van der Waals surface area contributed by atoms with Crippen molar-refractivity contribution in [3.63, 3.8) is 0 Å². The van der Waals surface area contributed by atoms with Gasteiger partial charge in [-0.1, -0.05) is 0 Å². The first kappa shape index (κ1) is 12.5. The number of benzene rings is 1. The Balaban J connectivity index is 1.79. The van der Waals surface area contributed by atoms with Gasteiger partial charge in [-0.3, -0.25) is 0 Å². The number of nitrogens with one attached hydrogen (secondary N) is 1. The highest BCUT2D eigenvalue weighted by atomic mass is 16.3. The Labute approximate surface area is 106 Å². The minimum Gasteiger partial charge on any atom is -0.508 e. The Hall–Kier alpha value is -1.94. The Kier molecular flexibility index (Phi) is 4.25. The quantitative estimate of drug-likeness (QED) is 0.542. The van der Waals surface area contributed by atoms with Gasteiger partial charge in [0.05, 0.1) is 12.9 Å². The van der Waals surface area contributed by atoms with Gasteiger partial charge in [0.15, 0.2) is 0 Å². The largest absolute Gasteiger partial charge is 0.508 e. The lowest BCUT2D eigenvalue weighted by Gasteiger charge is -2.08. The number of phenols is 1. The van der Waals surface area contributed by atoms with Gasteiger partial charge in [0, 0.05) is 24.2 Å². The summed E-state index contributed by atoms with van der Waals surface area (Å²) in [5, 5.41) is 21.7. The fourth-order valence-electron chi connectivity index (χ4n) is 1.77. The third-order valence-electron chi connectivity index (χ3n) is 2.76. The highest BCUT2D eigenvalue weighted by molar-refractivity contribution is 5.50. The van der Waals surface area contributed by atoms with Crippen molar-refractivity contribution >= 4 is 5.69 Å². The first-order chi connectivity index (χ1) is 8.79. The molecule has 3 N–H and O–H groups in total. The van der Waals surface area contributed by atoms with Crippen molar-refractivity contribution in [3.8, 4) is 5.75 Å². The van der Waals surface area contributed by atoms with Crippen LogP contribution in [-0.4, -0.2) is 16.8 Å². The first-order valence-corrected chi connectivity index (χ1v) is 5.98. The van der Waals surface area contributed by atoms with Crippen LogP contribution >= 0.6 is 0 Å². The van der Waals surface area contributed by atoms with Crippen LogP contribution in [0, 0.1) is 0 Å². The lowest BCUT2D eigenvalue weighted by Crippen LogP contribution is -2.03. The fraction of sp³-hybridized carbons (Fsp3) is 0.286. The van der Waals surface area contributed by atoms with Gasteiger partial charge in [-0.2, -0.15) is 0 Å². The molecule has 0 saturated carbocycles. The maximum absolute atomic E-state index is 9.43. The highest BCUT2D eigenvalue weighted by Gasteiger charge is 2.01. The molecule has 0 unspecified atom stereocenters. The van der Waals surface area contributed by atoms with Gasteiger partial charge in [0.2, 0.25) is 0 Å². The lowest BCUT2D eigenvalue weighted by atomic mass is 10.2. The lowest BCUT2D eigenvalue weighted by molar-refractivity contribution is 0.275. The molecule has 0 aliphatic carbocycles. The molecule has 4 heteroatoms. The minimum absolute atomic E-state index is 0.124. The van der Waals surface area contributed by atoms with E-state index in [1.54, 1.807) is 24.5 Å². The smallest absolute Gasteiger partial charge is 0.121 e. The van der Waals surface area contributed by atoms with Crippen LogP contribution in [0.15, 0.2) is 41.0 Å². The molecule has 0 amide bonds. The Bertz CT molecular complexity index is 480. The van der Waals surface area contributed by atoms with E-state index in [0.29, 0.717) is 5.56 Å². The SMILES string of the molecule is OCc1cc(NCCCc2ccco2)ccc1O. The highest BCUT2D eigenvalue weighted by Crippen LogP contribution is 2.21. The topological polar surface area (TPSA) is 65.6 Å². The van der Waals surface area contributed by atoms with Gasteiger partial charge < -0.3 is 19.9 Å². The zero-order valence-electron chi connectivity index (χ0n) is 10.1. The first-order valence-electron chi connectivity index (χ1n) is 5.98. The van der Waals surface area contributed by atoms with Gasteiger partial charge in [-0.05, 0) is 36.8 Å². The molecule has 0 atom stereocenters. The monoisotopic (exact) mass is 247 g/mol. The summed E-state index contributed by atoms with van der Waals surface area (Å²) < 4.78 is 5.24. The standard InChI is InChI=1S/C14H17NO3/c16-10-11-9-12(5-6-14(11)17)15-7-1-3-13-4-2-8-18-13/h2,4-6,8-9,15-17H,1,3,7,10H2. The van der Waals surface area contributed by atoms with E-state index in [-0.39, 0.29) is 12.4 Å². The maximum atomic E-state index is 9.43. The van der Waals surface area contributed by atoms with E-state index < -0.39 is 0 Å². The summed E-state index contributed by atoms with van der Waals surface area (Å²) in [4.78, 5) is 0. The summed E-state index contributed by atoms with van der Waals surface area (Å²) in [6.07, 6.45) is 3.53. The Morgan fingerprint density at radius 3 is 2.83 bits per heavy atom. The van der Waals surface area contributed by atoms with Gasteiger partial charge in [-0.15, -0.1) is 0 Å². The Morgan fingerprint density at radius 1 is 1.22 bits per heavy atom. The second-order valence-corrected chi connectivity index (χ2v) is 4.11. The van der Waals surface area contributed by atoms with E-state index in [0.717, 1.165) is 30.8 Å². The number of hydrogen-bond donors (Lipinski definition) is 3. The van der Waals surface area contributed by atoms with Gasteiger partial charge in [0.1, 0.15) is 11.5 Å². The van der Waals surface area contributed by atoms with Crippen molar-refractivity contribution in [2.24, 2.45) is 0 Å². The molecular formula is C14H17NO3. The second-order valence-electron chi connectivity index (χ2n) is 4.11. The number of aliphatic hydroxyl groups excluding tert-OH is 1. The third kappa shape index (κ3) is 3.28. The molecule has 0 spiro atoms. The van der Waals surface area contributed by atoms with Crippen LogP contribution in [0.1, 0.15) is 17.7 Å². The molecule has 0 fully saturated rings. The Morgan fingerprint density at radius 2 is 2.11 bits per heavy atom. The average Bonchev–Trinajstić information content (AvgIpc) is 2.89. The molecule has 1 aromatic heterocycles. The van der Waals surface area contributed by atoms with Crippen LogP contribution in [-0.2, 0) is 13.0 Å². The summed E-state index contributed by atoms with van der Waals surface area (Å²) in [5.74, 6) is 1.11. The summed E-state index contributed by atoms with van der Waals surface area (Å²) in [7, 11) is 0. The predicted octanol–water partition coefficient (Wildman–Crippen LogP) is 2.52. The van der Waals surface area contributed by atoms with E-state index in [4.69, 9.17) is 9.52 Å². The molecule has 2 aromatic rings. The number of furan rings is 1. The number of aryl methyl sites for hydroxylation is 1. The summed E-state index contributed by atoms with van der Waals surface area (Å²) >= 11 is 0. The molecule has 1 heterocycles. The van der Waals surface area contributed by atoms with E-state index in [1.807, 2.05) is 12.1 Å². The minimum atomic E-state index is -0.159. The van der Waals surface area contributed by atoms with Gasteiger partial charge >= 0.3 is 0 Å². The number of aliphatic hydroxyl groups is 1. The number of rotatable bonds is 6. The number of hydrogen-bond acceptors (Lipinski definition) is 4.